The first-order valence-electron chi connectivity index (χ1n) is 6.45. The summed E-state index contributed by atoms with van der Waals surface area (Å²) in [5.41, 5.74) is 0. The van der Waals surface area contributed by atoms with Gasteiger partial charge in [-0.1, -0.05) is 18.1 Å². The van der Waals surface area contributed by atoms with Crippen molar-refractivity contribution in [2.45, 2.75) is 13.5 Å². The van der Waals surface area contributed by atoms with Gasteiger partial charge in [-0.25, -0.2) is 0 Å². The average molecular weight is 293 g/mol. The van der Waals surface area contributed by atoms with Gasteiger partial charge < -0.3 is 9.63 Å². The predicted molar refractivity (Wildman–Crippen MR) is 73.2 cm³/mol. The van der Waals surface area contributed by atoms with E-state index in [4.69, 9.17) is 9.63 Å². The molecular weight excluding hydrogens is 278 g/mol. The average Bonchev–Trinajstić information content (AvgIpc) is 3.02. The fraction of sp³-hybridized carbons (Fsp3) is 0.462. The highest BCUT2D eigenvalue weighted by atomic mass is 32.1. The molecule has 0 bridgehead atoms. The van der Waals surface area contributed by atoms with E-state index in [2.05, 4.69) is 15.0 Å². The monoisotopic (exact) mass is 293 g/mol. The number of carboxylic acid groups (broad SMARTS) is 1. The van der Waals surface area contributed by atoms with Crippen LogP contribution in [0.2, 0.25) is 0 Å². The minimum atomic E-state index is -0.728. The molecule has 1 N–H and O–H groups in total. The zero-order valence-electron chi connectivity index (χ0n) is 11.0. The molecule has 1 fully saturated rings. The minimum absolute atomic E-state index is 0.219. The Bertz CT molecular complexity index is 590. The smallest absolute Gasteiger partial charge is 0.306 e. The Kier molecular flexibility index (Phi) is 3.54. The van der Waals surface area contributed by atoms with Crippen LogP contribution in [0.5, 0.6) is 0 Å². The molecule has 106 valence electrons. The number of nitrogens with zero attached hydrogens (tertiary/aromatic N) is 3. The van der Waals surface area contributed by atoms with Crippen molar-refractivity contribution in [3.8, 4) is 10.8 Å². The van der Waals surface area contributed by atoms with Gasteiger partial charge in [0.05, 0.1) is 17.3 Å². The summed E-state index contributed by atoms with van der Waals surface area (Å²) in [6, 6.07) is 3.88. The third kappa shape index (κ3) is 2.59. The van der Waals surface area contributed by atoms with E-state index in [1.807, 2.05) is 17.5 Å². The van der Waals surface area contributed by atoms with Crippen LogP contribution in [0.15, 0.2) is 22.0 Å². The number of aliphatic carboxylic acids is 1. The maximum Gasteiger partial charge on any atom is 0.306 e. The molecule has 2 aromatic rings. The van der Waals surface area contributed by atoms with Crippen molar-refractivity contribution in [3.63, 3.8) is 0 Å². The van der Waals surface area contributed by atoms with Gasteiger partial charge >= 0.3 is 5.97 Å². The van der Waals surface area contributed by atoms with Crippen molar-refractivity contribution < 1.29 is 14.4 Å². The zero-order valence-corrected chi connectivity index (χ0v) is 11.8. The second-order valence-corrected chi connectivity index (χ2v) is 6.02. The van der Waals surface area contributed by atoms with Crippen LogP contribution in [0.4, 0.5) is 0 Å². The van der Waals surface area contributed by atoms with Gasteiger partial charge in [-0.2, -0.15) is 4.98 Å². The molecule has 1 aliphatic rings. The van der Waals surface area contributed by atoms with Crippen LogP contribution in [0.3, 0.4) is 0 Å². The highest BCUT2D eigenvalue weighted by molar-refractivity contribution is 7.13. The molecule has 0 aliphatic carbocycles. The van der Waals surface area contributed by atoms with Crippen LogP contribution < -0.4 is 0 Å². The van der Waals surface area contributed by atoms with Crippen LogP contribution in [0, 0.1) is 11.8 Å². The van der Waals surface area contributed by atoms with E-state index in [-0.39, 0.29) is 11.8 Å². The summed E-state index contributed by atoms with van der Waals surface area (Å²) in [4.78, 5) is 18.3. The van der Waals surface area contributed by atoms with Crippen molar-refractivity contribution in [1.82, 2.24) is 15.0 Å². The number of aromatic nitrogens is 2. The summed E-state index contributed by atoms with van der Waals surface area (Å²) in [6.07, 6.45) is 0. The van der Waals surface area contributed by atoms with Gasteiger partial charge in [0.15, 0.2) is 5.82 Å². The fourth-order valence-corrected chi connectivity index (χ4v) is 2.92. The summed E-state index contributed by atoms with van der Waals surface area (Å²) < 4.78 is 5.22. The number of likely N-dealkylation sites (tertiary alicyclic amines) is 1. The second-order valence-electron chi connectivity index (χ2n) is 5.07. The number of rotatable bonds is 5. The number of thiophene rings is 1. The van der Waals surface area contributed by atoms with Crippen LogP contribution in [0.25, 0.3) is 10.8 Å². The Labute approximate surface area is 120 Å². The molecule has 3 rings (SSSR count). The van der Waals surface area contributed by atoms with Crippen molar-refractivity contribution >= 4 is 17.3 Å². The van der Waals surface area contributed by atoms with Crippen LogP contribution in [-0.4, -0.2) is 39.2 Å². The summed E-state index contributed by atoms with van der Waals surface area (Å²) in [6.45, 7) is 3.91. The Morgan fingerprint density at radius 3 is 3.10 bits per heavy atom. The van der Waals surface area contributed by atoms with Crippen LogP contribution in [-0.2, 0) is 11.3 Å². The second kappa shape index (κ2) is 5.34. The number of hydrogen-bond donors (Lipinski definition) is 1. The Hall–Kier alpha value is -1.73. The largest absolute Gasteiger partial charge is 0.481 e. The molecule has 0 radical (unpaired) electrons. The molecule has 1 aliphatic heterocycles. The fourth-order valence-electron chi connectivity index (χ4n) is 2.28. The molecule has 0 saturated carbocycles. The number of carbonyl (C=O) groups is 1. The Balaban J connectivity index is 1.55. The van der Waals surface area contributed by atoms with Gasteiger partial charge in [0, 0.05) is 13.1 Å². The summed E-state index contributed by atoms with van der Waals surface area (Å²) in [5.74, 6) is 0.393. The normalized spacial score (nSPS) is 17.9. The van der Waals surface area contributed by atoms with Gasteiger partial charge in [0.2, 0.25) is 0 Å². The number of carboxylic acids is 1. The molecule has 0 spiro atoms. The lowest BCUT2D eigenvalue weighted by Gasteiger charge is -2.40. The molecule has 1 saturated heterocycles. The first-order valence-corrected chi connectivity index (χ1v) is 7.33. The maximum absolute atomic E-state index is 10.9. The van der Waals surface area contributed by atoms with E-state index in [0.29, 0.717) is 18.3 Å². The molecule has 3 heterocycles. The third-order valence-electron chi connectivity index (χ3n) is 3.65. The highest BCUT2D eigenvalue weighted by Crippen LogP contribution is 2.26. The first kappa shape index (κ1) is 13.3. The first-order chi connectivity index (χ1) is 9.63. The Morgan fingerprint density at radius 1 is 1.65 bits per heavy atom. The molecule has 6 nitrogen and oxygen atoms in total. The molecule has 0 aromatic carbocycles. The van der Waals surface area contributed by atoms with Gasteiger partial charge in [0.1, 0.15) is 0 Å². The zero-order chi connectivity index (χ0) is 14.1. The highest BCUT2D eigenvalue weighted by Gasteiger charge is 2.35. The Morgan fingerprint density at radius 2 is 2.45 bits per heavy atom. The molecule has 1 unspecified atom stereocenters. The van der Waals surface area contributed by atoms with Gasteiger partial charge in [-0.3, -0.25) is 9.69 Å². The topological polar surface area (TPSA) is 79.5 Å². The maximum atomic E-state index is 10.9. The quantitative estimate of drug-likeness (QED) is 0.907. The summed E-state index contributed by atoms with van der Waals surface area (Å²) in [7, 11) is 0. The lowest BCUT2D eigenvalue weighted by Crippen LogP contribution is -2.50. The minimum Gasteiger partial charge on any atom is -0.481 e. The van der Waals surface area contributed by atoms with Gasteiger partial charge in [-0.05, 0) is 17.4 Å². The van der Waals surface area contributed by atoms with Crippen molar-refractivity contribution in [1.29, 1.82) is 0 Å². The van der Waals surface area contributed by atoms with Gasteiger partial charge in [0.25, 0.3) is 5.89 Å². The van der Waals surface area contributed by atoms with E-state index < -0.39 is 5.97 Å². The molecule has 2 aromatic heterocycles. The number of hydrogen-bond acceptors (Lipinski definition) is 6. The predicted octanol–water partition coefficient (Wildman–Crippen LogP) is 1.95. The molecular formula is C13H15N3O3S. The molecule has 20 heavy (non-hydrogen) atoms. The molecule has 7 heteroatoms. The van der Waals surface area contributed by atoms with E-state index in [9.17, 15) is 4.79 Å². The van der Waals surface area contributed by atoms with Crippen molar-refractivity contribution in [3.05, 3.63) is 23.3 Å². The van der Waals surface area contributed by atoms with E-state index in [0.717, 1.165) is 18.0 Å². The van der Waals surface area contributed by atoms with E-state index in [1.54, 1.807) is 18.3 Å². The van der Waals surface area contributed by atoms with E-state index >= 15 is 0 Å². The summed E-state index contributed by atoms with van der Waals surface area (Å²) in [5, 5.41) is 14.9. The molecule has 0 amide bonds. The van der Waals surface area contributed by atoms with Crippen molar-refractivity contribution in [2.75, 3.05) is 13.1 Å². The lowest BCUT2D eigenvalue weighted by molar-refractivity contribution is -0.145. The lowest BCUT2D eigenvalue weighted by atomic mass is 9.87. The SMILES string of the molecule is CC(C(=O)O)C1CN(Cc2noc(-c3cccs3)n2)C1. The van der Waals surface area contributed by atoms with Crippen LogP contribution >= 0.6 is 11.3 Å². The van der Waals surface area contributed by atoms with Gasteiger partial charge in [-0.15, -0.1) is 11.3 Å². The summed E-state index contributed by atoms with van der Waals surface area (Å²) >= 11 is 1.56. The third-order valence-corrected chi connectivity index (χ3v) is 4.50. The van der Waals surface area contributed by atoms with Crippen LogP contribution in [0.1, 0.15) is 12.7 Å². The molecule has 1 atom stereocenters. The van der Waals surface area contributed by atoms with E-state index in [1.165, 1.54) is 0 Å². The standard InChI is InChI=1S/C13H15N3O3S/c1-8(13(17)18)9-5-16(6-9)7-11-14-12(19-15-11)10-3-2-4-20-10/h2-4,8-9H,5-7H2,1H3,(H,17,18). The van der Waals surface area contributed by atoms with Crippen molar-refractivity contribution in [2.24, 2.45) is 11.8 Å².